The molecule has 0 atom stereocenters. The van der Waals surface area contributed by atoms with E-state index in [1.165, 1.54) is 87.6 Å². The minimum Gasteiger partial charge on any atom is -0.0616 e. The van der Waals surface area contributed by atoms with Crippen molar-refractivity contribution in [1.29, 1.82) is 0 Å². The van der Waals surface area contributed by atoms with Crippen LogP contribution in [0.3, 0.4) is 0 Å². The molecule has 0 saturated heterocycles. The molecule has 0 aliphatic heterocycles. The molecule has 0 heterocycles. The van der Waals surface area contributed by atoms with Crippen LogP contribution in [0.5, 0.6) is 0 Å². The monoisotopic (exact) mass is 582 g/mol. The molecule has 0 saturated carbocycles. The van der Waals surface area contributed by atoms with Crippen molar-refractivity contribution in [2.24, 2.45) is 0 Å². The summed E-state index contributed by atoms with van der Waals surface area (Å²) in [5, 5.41) is 10.2. The molecule has 0 N–H and O–H groups in total. The quantitative estimate of drug-likeness (QED) is 0.181. The Morgan fingerprint density at radius 2 is 0.674 bits per heavy atom. The Kier molecular flexibility index (Phi) is 6.25. The van der Waals surface area contributed by atoms with E-state index in [1.807, 2.05) is 0 Å². The van der Waals surface area contributed by atoms with Crippen LogP contribution in [0.1, 0.15) is 0 Å². The summed E-state index contributed by atoms with van der Waals surface area (Å²) in [4.78, 5) is 0. The van der Waals surface area contributed by atoms with Crippen LogP contribution in [0.25, 0.3) is 87.6 Å². The molecule has 0 bridgehead atoms. The fourth-order valence-corrected chi connectivity index (χ4v) is 7.11. The normalized spacial score (nSPS) is 11.5. The van der Waals surface area contributed by atoms with Crippen LogP contribution < -0.4 is 0 Å². The summed E-state index contributed by atoms with van der Waals surface area (Å²) >= 11 is 0. The Bertz CT molecular complexity index is 2580. The molecule has 214 valence electrons. The smallest absolute Gasteiger partial charge is 0.00988 e. The van der Waals surface area contributed by atoms with Gasteiger partial charge in [0, 0.05) is 0 Å². The molecule has 0 amide bonds. The SMILES string of the molecule is c1cc(-c2ccc3cc(-c4cccc(-c5cc6ccccc6c6ccccc56)c4)ccc3c2)cc(-c2cccc3ccccc23)c1. The third-order valence-corrected chi connectivity index (χ3v) is 9.41. The third kappa shape index (κ3) is 4.55. The second kappa shape index (κ2) is 10.9. The molecule has 0 unspecified atom stereocenters. The Morgan fingerprint density at radius 3 is 1.37 bits per heavy atom. The first kappa shape index (κ1) is 26.4. The Morgan fingerprint density at radius 1 is 0.196 bits per heavy atom. The molecule has 0 aliphatic rings. The van der Waals surface area contributed by atoms with Crippen LogP contribution in [0.15, 0.2) is 182 Å². The van der Waals surface area contributed by atoms with Gasteiger partial charge in [-0.3, -0.25) is 0 Å². The molecule has 0 aliphatic carbocycles. The Labute approximate surface area is 268 Å². The predicted octanol–water partition coefficient (Wildman–Crippen LogP) is 13.0. The lowest BCUT2D eigenvalue weighted by Gasteiger charge is -2.13. The average molecular weight is 583 g/mol. The summed E-state index contributed by atoms with van der Waals surface area (Å²) in [5.41, 5.74) is 9.93. The number of benzene rings is 9. The molecule has 0 aromatic heterocycles. The predicted molar refractivity (Wildman–Crippen MR) is 198 cm³/mol. The van der Waals surface area contributed by atoms with Crippen LogP contribution in [0, 0.1) is 0 Å². The average Bonchev–Trinajstić information content (AvgIpc) is 3.14. The second-order valence-electron chi connectivity index (χ2n) is 12.2. The first-order valence-electron chi connectivity index (χ1n) is 15.9. The van der Waals surface area contributed by atoms with Gasteiger partial charge in [0.1, 0.15) is 0 Å². The zero-order chi connectivity index (χ0) is 30.5. The highest BCUT2D eigenvalue weighted by Crippen LogP contribution is 2.37. The first-order valence-corrected chi connectivity index (χ1v) is 15.9. The number of fused-ring (bicyclic) bond motifs is 5. The molecule has 0 heteroatoms. The van der Waals surface area contributed by atoms with Gasteiger partial charge >= 0.3 is 0 Å². The van der Waals surface area contributed by atoms with Crippen molar-refractivity contribution in [3.63, 3.8) is 0 Å². The summed E-state index contributed by atoms with van der Waals surface area (Å²) in [6.45, 7) is 0. The van der Waals surface area contributed by atoms with Crippen LogP contribution in [0.4, 0.5) is 0 Å². The van der Waals surface area contributed by atoms with E-state index in [1.54, 1.807) is 0 Å². The van der Waals surface area contributed by atoms with Gasteiger partial charge in [-0.25, -0.2) is 0 Å². The molecule has 46 heavy (non-hydrogen) atoms. The van der Waals surface area contributed by atoms with Crippen molar-refractivity contribution >= 4 is 43.1 Å². The lowest BCUT2D eigenvalue weighted by Crippen LogP contribution is -1.86. The number of hydrogen-bond donors (Lipinski definition) is 0. The highest BCUT2D eigenvalue weighted by molar-refractivity contribution is 6.14. The highest BCUT2D eigenvalue weighted by Gasteiger charge is 2.11. The van der Waals surface area contributed by atoms with Gasteiger partial charge in [0.05, 0.1) is 0 Å². The van der Waals surface area contributed by atoms with Crippen molar-refractivity contribution in [3.8, 4) is 44.5 Å². The lowest BCUT2D eigenvalue weighted by atomic mass is 9.91. The largest absolute Gasteiger partial charge is 0.0616 e. The van der Waals surface area contributed by atoms with E-state index in [4.69, 9.17) is 0 Å². The van der Waals surface area contributed by atoms with E-state index in [0.717, 1.165) is 0 Å². The van der Waals surface area contributed by atoms with Crippen LogP contribution in [0.2, 0.25) is 0 Å². The standard InChI is InChI=1S/C46H30/c1-3-17-41-31(10-1)12-9-21-42(41)38-15-7-13-32(28-38)34-22-24-37-27-35(23-25-36(37)26-34)33-14-8-16-39(29-33)46-30-40-11-2-4-18-43(40)44-19-5-6-20-45(44)46/h1-30H. The van der Waals surface area contributed by atoms with E-state index >= 15 is 0 Å². The van der Waals surface area contributed by atoms with E-state index in [-0.39, 0.29) is 0 Å². The summed E-state index contributed by atoms with van der Waals surface area (Å²) in [7, 11) is 0. The molecule has 9 rings (SSSR count). The molecule has 0 nitrogen and oxygen atoms in total. The Hall–Kier alpha value is -5.98. The molecule has 0 fully saturated rings. The van der Waals surface area contributed by atoms with E-state index in [0.29, 0.717) is 0 Å². The van der Waals surface area contributed by atoms with E-state index in [2.05, 4.69) is 182 Å². The first-order chi connectivity index (χ1) is 22.8. The zero-order valence-electron chi connectivity index (χ0n) is 25.3. The molecule has 0 spiro atoms. The van der Waals surface area contributed by atoms with Gasteiger partial charge in [-0.2, -0.15) is 0 Å². The van der Waals surface area contributed by atoms with Crippen molar-refractivity contribution in [2.75, 3.05) is 0 Å². The molecule has 9 aromatic rings. The van der Waals surface area contributed by atoms with Crippen LogP contribution in [-0.4, -0.2) is 0 Å². The summed E-state index contributed by atoms with van der Waals surface area (Å²) in [6, 6.07) is 66.6. The van der Waals surface area contributed by atoms with Crippen LogP contribution >= 0.6 is 0 Å². The fraction of sp³-hybridized carbons (Fsp3) is 0. The van der Waals surface area contributed by atoms with Gasteiger partial charge in [0.15, 0.2) is 0 Å². The van der Waals surface area contributed by atoms with Gasteiger partial charge < -0.3 is 0 Å². The number of rotatable bonds is 4. The zero-order valence-corrected chi connectivity index (χ0v) is 25.3. The Balaban J connectivity index is 1.08. The number of hydrogen-bond acceptors (Lipinski definition) is 0. The minimum absolute atomic E-state index is 1.23. The van der Waals surface area contributed by atoms with Crippen molar-refractivity contribution < 1.29 is 0 Å². The maximum atomic E-state index is 2.34. The van der Waals surface area contributed by atoms with Crippen LogP contribution in [-0.2, 0) is 0 Å². The third-order valence-electron chi connectivity index (χ3n) is 9.41. The maximum absolute atomic E-state index is 2.34. The molecular formula is C46H30. The topological polar surface area (TPSA) is 0 Å². The van der Waals surface area contributed by atoms with E-state index in [9.17, 15) is 0 Å². The van der Waals surface area contributed by atoms with Gasteiger partial charge in [-0.05, 0) is 118 Å². The van der Waals surface area contributed by atoms with Gasteiger partial charge in [0.2, 0.25) is 0 Å². The second-order valence-corrected chi connectivity index (χ2v) is 12.2. The summed E-state index contributed by atoms with van der Waals surface area (Å²) < 4.78 is 0. The molecular weight excluding hydrogens is 553 g/mol. The van der Waals surface area contributed by atoms with Gasteiger partial charge in [0.25, 0.3) is 0 Å². The lowest BCUT2D eigenvalue weighted by molar-refractivity contribution is 1.61. The van der Waals surface area contributed by atoms with Gasteiger partial charge in [-0.15, -0.1) is 0 Å². The summed E-state index contributed by atoms with van der Waals surface area (Å²) in [6.07, 6.45) is 0. The van der Waals surface area contributed by atoms with E-state index < -0.39 is 0 Å². The van der Waals surface area contributed by atoms with Crippen molar-refractivity contribution in [2.45, 2.75) is 0 Å². The van der Waals surface area contributed by atoms with Crippen molar-refractivity contribution in [3.05, 3.63) is 182 Å². The maximum Gasteiger partial charge on any atom is -0.00988 e. The summed E-state index contributed by atoms with van der Waals surface area (Å²) in [5.74, 6) is 0. The van der Waals surface area contributed by atoms with Gasteiger partial charge in [-0.1, -0.05) is 152 Å². The fourth-order valence-electron chi connectivity index (χ4n) is 7.11. The molecule has 9 aromatic carbocycles. The minimum atomic E-state index is 1.23. The van der Waals surface area contributed by atoms with Crippen molar-refractivity contribution in [1.82, 2.24) is 0 Å². The molecule has 0 radical (unpaired) electrons. The highest BCUT2D eigenvalue weighted by atomic mass is 14.1.